The van der Waals surface area contributed by atoms with E-state index in [4.69, 9.17) is 10.5 Å². The van der Waals surface area contributed by atoms with Gasteiger partial charge in [0, 0.05) is 29.7 Å². The van der Waals surface area contributed by atoms with Gasteiger partial charge in [-0.15, -0.1) is 11.3 Å². The summed E-state index contributed by atoms with van der Waals surface area (Å²) in [6, 6.07) is 15.5. The standard InChI is InChI=1S/C21H20N4O3S2/c1-28-12-11-17-18(19-20(22)23-13-24-21(19)29-17)14-7-9-15(10-8-14)25-30(26,27)16-5-3-2-4-6-16/h2-10,13,25H,11-12H2,1H3,(H2,22,23,24). The number of hydrogen-bond donors (Lipinski definition) is 2. The average Bonchev–Trinajstić information content (AvgIpc) is 3.13. The molecule has 0 radical (unpaired) electrons. The monoisotopic (exact) mass is 440 g/mol. The van der Waals surface area contributed by atoms with Crippen LogP contribution in [-0.2, 0) is 21.2 Å². The molecule has 0 unspecified atom stereocenters. The Morgan fingerprint density at radius 1 is 1.07 bits per heavy atom. The number of nitrogens with two attached hydrogens (primary N) is 1. The minimum Gasteiger partial charge on any atom is -0.384 e. The molecule has 4 aromatic rings. The van der Waals surface area contributed by atoms with Crippen molar-refractivity contribution in [2.75, 3.05) is 24.2 Å². The zero-order chi connectivity index (χ0) is 21.1. The maximum Gasteiger partial charge on any atom is 0.261 e. The maximum absolute atomic E-state index is 12.6. The lowest BCUT2D eigenvalue weighted by Crippen LogP contribution is -2.12. The Labute approximate surface area is 178 Å². The Morgan fingerprint density at radius 3 is 2.50 bits per heavy atom. The van der Waals surface area contributed by atoms with Crippen LogP contribution >= 0.6 is 11.3 Å². The lowest BCUT2D eigenvalue weighted by atomic mass is 10.0. The Kier molecular flexibility index (Phi) is 5.67. The van der Waals surface area contributed by atoms with E-state index in [9.17, 15) is 8.42 Å². The molecule has 2 aromatic carbocycles. The molecular formula is C21H20N4O3S2. The summed E-state index contributed by atoms with van der Waals surface area (Å²) in [5.74, 6) is 0.420. The van der Waals surface area contributed by atoms with Gasteiger partial charge >= 0.3 is 0 Å². The summed E-state index contributed by atoms with van der Waals surface area (Å²) in [4.78, 5) is 10.6. The van der Waals surface area contributed by atoms with Gasteiger partial charge in [-0.05, 0) is 29.8 Å². The number of ether oxygens (including phenoxy) is 1. The Balaban J connectivity index is 1.70. The fourth-order valence-electron chi connectivity index (χ4n) is 3.20. The molecule has 0 aliphatic rings. The number of thiophene rings is 1. The van der Waals surface area contributed by atoms with Gasteiger partial charge in [0.2, 0.25) is 0 Å². The number of nitrogens with one attached hydrogen (secondary N) is 1. The van der Waals surface area contributed by atoms with Gasteiger partial charge in [0.25, 0.3) is 10.0 Å². The molecule has 0 amide bonds. The number of fused-ring (bicyclic) bond motifs is 1. The van der Waals surface area contributed by atoms with Crippen LogP contribution in [0.15, 0.2) is 65.8 Å². The molecule has 7 nitrogen and oxygen atoms in total. The molecule has 0 bridgehead atoms. The smallest absolute Gasteiger partial charge is 0.261 e. The molecule has 2 heterocycles. The van der Waals surface area contributed by atoms with Gasteiger partial charge in [-0.2, -0.15) is 0 Å². The lowest BCUT2D eigenvalue weighted by molar-refractivity contribution is 0.203. The first-order valence-corrected chi connectivity index (χ1v) is 11.5. The molecular weight excluding hydrogens is 420 g/mol. The normalized spacial score (nSPS) is 11.6. The number of methoxy groups -OCH3 is 1. The number of aromatic nitrogens is 2. The topological polar surface area (TPSA) is 107 Å². The second-order valence-electron chi connectivity index (χ2n) is 6.58. The average molecular weight is 441 g/mol. The predicted molar refractivity (Wildman–Crippen MR) is 120 cm³/mol. The molecule has 0 spiro atoms. The van der Waals surface area contributed by atoms with Crippen LogP contribution in [0.3, 0.4) is 0 Å². The largest absolute Gasteiger partial charge is 0.384 e. The fourth-order valence-corrected chi connectivity index (χ4v) is 5.43. The molecule has 9 heteroatoms. The maximum atomic E-state index is 12.6. The minimum atomic E-state index is -3.65. The molecule has 0 atom stereocenters. The number of rotatable bonds is 7. The van der Waals surface area contributed by atoms with Crippen LogP contribution in [0, 0.1) is 0 Å². The van der Waals surface area contributed by atoms with Crippen LogP contribution in [0.5, 0.6) is 0 Å². The summed E-state index contributed by atoms with van der Waals surface area (Å²) >= 11 is 1.56. The van der Waals surface area contributed by atoms with E-state index in [1.165, 1.54) is 6.33 Å². The summed E-state index contributed by atoms with van der Waals surface area (Å²) in [6.07, 6.45) is 2.17. The van der Waals surface area contributed by atoms with Gasteiger partial charge in [-0.25, -0.2) is 18.4 Å². The van der Waals surface area contributed by atoms with Crippen molar-refractivity contribution in [2.24, 2.45) is 0 Å². The molecule has 4 rings (SSSR count). The van der Waals surface area contributed by atoms with E-state index in [-0.39, 0.29) is 4.90 Å². The summed E-state index contributed by atoms with van der Waals surface area (Å²) in [6.45, 7) is 0.572. The van der Waals surface area contributed by atoms with Gasteiger partial charge in [-0.1, -0.05) is 30.3 Å². The Hall–Kier alpha value is -3.01. The van der Waals surface area contributed by atoms with E-state index in [2.05, 4.69) is 14.7 Å². The van der Waals surface area contributed by atoms with Crippen LogP contribution in [0.25, 0.3) is 21.3 Å². The predicted octanol–water partition coefficient (Wildman–Crippen LogP) is 3.93. The number of nitrogen functional groups attached to an aromatic ring is 1. The third-order valence-electron chi connectivity index (χ3n) is 4.60. The van der Waals surface area contributed by atoms with E-state index in [1.54, 1.807) is 60.9 Å². The number of sulfonamides is 1. The first kappa shape index (κ1) is 20.3. The van der Waals surface area contributed by atoms with E-state index in [0.29, 0.717) is 24.5 Å². The number of anilines is 2. The quantitative estimate of drug-likeness (QED) is 0.451. The van der Waals surface area contributed by atoms with E-state index in [1.807, 2.05) is 12.1 Å². The zero-order valence-corrected chi connectivity index (χ0v) is 17.8. The van der Waals surface area contributed by atoms with Crippen molar-refractivity contribution in [3.63, 3.8) is 0 Å². The molecule has 3 N–H and O–H groups in total. The highest BCUT2D eigenvalue weighted by molar-refractivity contribution is 7.92. The fraction of sp³-hybridized carbons (Fsp3) is 0.143. The highest BCUT2D eigenvalue weighted by Gasteiger charge is 2.18. The number of hydrogen-bond acceptors (Lipinski definition) is 7. The molecule has 0 aliphatic heterocycles. The van der Waals surface area contributed by atoms with Crippen LogP contribution in [0.4, 0.5) is 11.5 Å². The first-order chi connectivity index (χ1) is 14.5. The molecule has 0 aliphatic carbocycles. The van der Waals surface area contributed by atoms with Crippen LogP contribution in [-0.4, -0.2) is 32.1 Å². The van der Waals surface area contributed by atoms with Crippen molar-refractivity contribution in [2.45, 2.75) is 11.3 Å². The second kappa shape index (κ2) is 8.39. The van der Waals surface area contributed by atoms with Crippen LogP contribution in [0.1, 0.15) is 4.88 Å². The van der Waals surface area contributed by atoms with Gasteiger partial charge in [0.15, 0.2) is 0 Å². The SMILES string of the molecule is COCCc1sc2ncnc(N)c2c1-c1ccc(NS(=O)(=O)c2ccccc2)cc1. The second-order valence-corrected chi connectivity index (χ2v) is 9.34. The van der Waals surface area contributed by atoms with Crippen molar-refractivity contribution in [1.29, 1.82) is 0 Å². The lowest BCUT2D eigenvalue weighted by Gasteiger charge is -2.10. The molecule has 0 saturated carbocycles. The summed E-state index contributed by atoms with van der Waals surface area (Å²) in [5.41, 5.74) is 8.50. The van der Waals surface area contributed by atoms with E-state index >= 15 is 0 Å². The first-order valence-electron chi connectivity index (χ1n) is 9.18. The molecule has 0 fully saturated rings. The van der Waals surface area contributed by atoms with Crippen LogP contribution in [0.2, 0.25) is 0 Å². The zero-order valence-electron chi connectivity index (χ0n) is 16.2. The van der Waals surface area contributed by atoms with Gasteiger partial charge in [0.1, 0.15) is 17.0 Å². The van der Waals surface area contributed by atoms with Crippen molar-refractivity contribution in [3.05, 3.63) is 65.8 Å². The van der Waals surface area contributed by atoms with E-state index in [0.717, 1.165) is 26.2 Å². The van der Waals surface area contributed by atoms with Gasteiger partial charge in [0.05, 0.1) is 16.9 Å². The third kappa shape index (κ3) is 4.00. The number of benzene rings is 2. The highest BCUT2D eigenvalue weighted by atomic mass is 32.2. The molecule has 2 aromatic heterocycles. The van der Waals surface area contributed by atoms with Gasteiger partial charge in [-0.3, -0.25) is 4.72 Å². The molecule has 30 heavy (non-hydrogen) atoms. The minimum absolute atomic E-state index is 0.213. The van der Waals surface area contributed by atoms with Crippen LogP contribution < -0.4 is 10.5 Å². The van der Waals surface area contributed by atoms with Gasteiger partial charge < -0.3 is 10.5 Å². The highest BCUT2D eigenvalue weighted by Crippen LogP contribution is 2.40. The molecule has 0 saturated heterocycles. The van der Waals surface area contributed by atoms with E-state index < -0.39 is 10.0 Å². The van der Waals surface area contributed by atoms with Crippen molar-refractivity contribution in [1.82, 2.24) is 9.97 Å². The van der Waals surface area contributed by atoms with Crippen molar-refractivity contribution >= 4 is 43.1 Å². The van der Waals surface area contributed by atoms with Crippen molar-refractivity contribution in [3.8, 4) is 11.1 Å². The summed E-state index contributed by atoms with van der Waals surface area (Å²) < 4.78 is 33.0. The van der Waals surface area contributed by atoms with Crippen molar-refractivity contribution < 1.29 is 13.2 Å². The Bertz CT molecular complexity index is 1270. The number of nitrogens with zero attached hydrogens (tertiary/aromatic N) is 2. The summed E-state index contributed by atoms with van der Waals surface area (Å²) in [5, 5.41) is 0.811. The summed E-state index contributed by atoms with van der Waals surface area (Å²) in [7, 11) is -1.98. The third-order valence-corrected chi connectivity index (χ3v) is 7.16. The molecule has 154 valence electrons. The Morgan fingerprint density at radius 2 is 1.80 bits per heavy atom.